The maximum absolute atomic E-state index is 12.2. The molecule has 3 N–H and O–H groups in total. The highest BCUT2D eigenvalue weighted by atomic mass is 79.9. The molecule has 0 spiro atoms. The summed E-state index contributed by atoms with van der Waals surface area (Å²) in [5.74, 6) is -0.799. The molecule has 0 aromatic heterocycles. The molecule has 1 aromatic rings. The van der Waals surface area contributed by atoms with E-state index in [-0.39, 0.29) is 35.5 Å². The zero-order chi connectivity index (χ0) is 17.7. The molecule has 0 saturated heterocycles. The van der Waals surface area contributed by atoms with Gasteiger partial charge in [0.2, 0.25) is 15.9 Å². The van der Waals surface area contributed by atoms with E-state index < -0.39 is 15.9 Å². The molecule has 1 saturated carbocycles. The number of nitrogens with one attached hydrogen (secondary N) is 3. The molecule has 0 atom stereocenters. The van der Waals surface area contributed by atoms with Crippen LogP contribution in [0.1, 0.15) is 23.2 Å². The summed E-state index contributed by atoms with van der Waals surface area (Å²) < 4.78 is 27.0. The van der Waals surface area contributed by atoms with E-state index in [2.05, 4.69) is 37.9 Å². The Morgan fingerprint density at radius 2 is 2.04 bits per heavy atom. The summed E-state index contributed by atoms with van der Waals surface area (Å²) in [5, 5.41) is 5.24. The highest BCUT2D eigenvalue weighted by Gasteiger charge is 2.23. The Bertz CT molecular complexity index is 760. The first kappa shape index (κ1) is 18.6. The molecule has 130 valence electrons. The van der Waals surface area contributed by atoms with Crippen LogP contribution >= 0.6 is 15.9 Å². The number of carbonyl (C=O) groups is 2. The summed E-state index contributed by atoms with van der Waals surface area (Å²) in [7, 11) is -3.74. The fourth-order valence-electron chi connectivity index (χ4n) is 1.86. The van der Waals surface area contributed by atoms with Crippen LogP contribution < -0.4 is 15.4 Å². The lowest BCUT2D eigenvalue weighted by molar-refractivity contribution is -0.120. The lowest BCUT2D eigenvalue weighted by atomic mass is 10.2. The van der Waals surface area contributed by atoms with E-state index in [1.807, 2.05) is 0 Å². The number of carbonyl (C=O) groups excluding carboxylic acids is 2. The molecule has 1 aliphatic rings. The molecule has 0 radical (unpaired) electrons. The van der Waals surface area contributed by atoms with Gasteiger partial charge in [-0.1, -0.05) is 6.08 Å². The van der Waals surface area contributed by atoms with Crippen LogP contribution in [0.25, 0.3) is 0 Å². The smallest absolute Gasteiger partial charge is 0.252 e. The van der Waals surface area contributed by atoms with E-state index in [4.69, 9.17) is 0 Å². The third kappa shape index (κ3) is 5.15. The molecule has 7 nitrogen and oxygen atoms in total. The van der Waals surface area contributed by atoms with Crippen LogP contribution in [0.15, 0.2) is 40.2 Å². The Balaban J connectivity index is 2.07. The SMILES string of the molecule is C=CCNS(=O)(=O)c1ccc(Br)c(C(=O)NCC(=O)NC2CC2)c1. The van der Waals surface area contributed by atoms with Gasteiger partial charge in [-0.15, -0.1) is 6.58 Å². The summed E-state index contributed by atoms with van der Waals surface area (Å²) >= 11 is 3.21. The number of rotatable bonds is 8. The highest BCUT2D eigenvalue weighted by Crippen LogP contribution is 2.21. The minimum absolute atomic E-state index is 0.0415. The van der Waals surface area contributed by atoms with Crippen LogP contribution in [0.2, 0.25) is 0 Å². The van der Waals surface area contributed by atoms with Gasteiger partial charge in [-0.2, -0.15) is 0 Å². The number of sulfonamides is 1. The maximum Gasteiger partial charge on any atom is 0.252 e. The first-order valence-corrected chi connectivity index (χ1v) is 9.59. The predicted molar refractivity (Wildman–Crippen MR) is 93.0 cm³/mol. The minimum Gasteiger partial charge on any atom is -0.352 e. The third-order valence-electron chi connectivity index (χ3n) is 3.26. The summed E-state index contributed by atoms with van der Waals surface area (Å²) in [6.07, 6.45) is 3.34. The topological polar surface area (TPSA) is 104 Å². The van der Waals surface area contributed by atoms with Crippen molar-refractivity contribution >= 4 is 37.8 Å². The zero-order valence-corrected chi connectivity index (χ0v) is 15.2. The second-order valence-electron chi connectivity index (χ2n) is 5.31. The minimum atomic E-state index is -3.74. The van der Waals surface area contributed by atoms with Gasteiger partial charge in [0.25, 0.3) is 5.91 Å². The van der Waals surface area contributed by atoms with Crippen molar-refractivity contribution in [2.24, 2.45) is 0 Å². The molecule has 0 heterocycles. The molecule has 1 fully saturated rings. The van der Waals surface area contributed by atoms with E-state index in [9.17, 15) is 18.0 Å². The average molecular weight is 416 g/mol. The van der Waals surface area contributed by atoms with Crippen molar-refractivity contribution in [3.05, 3.63) is 40.9 Å². The lowest BCUT2D eigenvalue weighted by Gasteiger charge is -2.10. The molecule has 1 aliphatic carbocycles. The molecule has 0 bridgehead atoms. The van der Waals surface area contributed by atoms with Crippen LogP contribution in [0.3, 0.4) is 0 Å². The fraction of sp³-hybridized carbons (Fsp3) is 0.333. The first-order valence-electron chi connectivity index (χ1n) is 7.31. The number of hydrogen-bond acceptors (Lipinski definition) is 4. The van der Waals surface area contributed by atoms with Gasteiger partial charge >= 0.3 is 0 Å². The van der Waals surface area contributed by atoms with Gasteiger partial charge in [-0.3, -0.25) is 9.59 Å². The summed E-state index contributed by atoms with van der Waals surface area (Å²) in [4.78, 5) is 23.8. The Kier molecular flexibility index (Phi) is 6.14. The van der Waals surface area contributed by atoms with Gasteiger partial charge in [0, 0.05) is 17.1 Å². The quantitative estimate of drug-likeness (QED) is 0.549. The lowest BCUT2D eigenvalue weighted by Crippen LogP contribution is -2.38. The second kappa shape index (κ2) is 7.91. The van der Waals surface area contributed by atoms with Crippen LogP contribution in [0.5, 0.6) is 0 Å². The normalized spacial score (nSPS) is 14.0. The van der Waals surface area contributed by atoms with Gasteiger partial charge in [-0.05, 0) is 47.0 Å². The summed E-state index contributed by atoms with van der Waals surface area (Å²) in [5.41, 5.74) is 0.135. The van der Waals surface area contributed by atoms with Gasteiger partial charge in [0.05, 0.1) is 17.0 Å². The Morgan fingerprint density at radius 3 is 2.67 bits per heavy atom. The van der Waals surface area contributed by atoms with Crippen molar-refractivity contribution in [3.8, 4) is 0 Å². The predicted octanol–water partition coefficient (Wildman–Crippen LogP) is 0.922. The Hall–Kier alpha value is -1.71. The van der Waals surface area contributed by atoms with Gasteiger partial charge in [-0.25, -0.2) is 13.1 Å². The average Bonchev–Trinajstić information content (AvgIpc) is 3.35. The van der Waals surface area contributed by atoms with E-state index in [0.717, 1.165) is 12.8 Å². The molecule has 0 unspecified atom stereocenters. The van der Waals surface area contributed by atoms with E-state index in [1.165, 1.54) is 24.3 Å². The molecule has 9 heteroatoms. The van der Waals surface area contributed by atoms with E-state index in [1.54, 1.807) is 0 Å². The number of amides is 2. The molecular weight excluding hydrogens is 398 g/mol. The number of hydrogen-bond donors (Lipinski definition) is 3. The van der Waals surface area contributed by atoms with Crippen molar-refractivity contribution in [2.75, 3.05) is 13.1 Å². The number of halogens is 1. The molecule has 1 aromatic carbocycles. The Morgan fingerprint density at radius 1 is 1.33 bits per heavy atom. The number of benzene rings is 1. The van der Waals surface area contributed by atoms with E-state index in [0.29, 0.717) is 4.47 Å². The summed E-state index contributed by atoms with van der Waals surface area (Å²) in [6, 6.07) is 4.32. The van der Waals surface area contributed by atoms with Crippen LogP contribution in [0, 0.1) is 0 Å². The largest absolute Gasteiger partial charge is 0.352 e. The van der Waals surface area contributed by atoms with Crippen molar-refractivity contribution in [2.45, 2.75) is 23.8 Å². The van der Waals surface area contributed by atoms with Crippen LogP contribution in [-0.4, -0.2) is 39.4 Å². The van der Waals surface area contributed by atoms with Crippen molar-refractivity contribution in [3.63, 3.8) is 0 Å². The maximum atomic E-state index is 12.2. The van der Waals surface area contributed by atoms with Crippen LogP contribution in [-0.2, 0) is 14.8 Å². The second-order valence-corrected chi connectivity index (χ2v) is 7.93. The molecule has 24 heavy (non-hydrogen) atoms. The molecule has 2 rings (SSSR count). The summed E-state index contributed by atoms with van der Waals surface area (Å²) in [6.45, 7) is 3.37. The fourth-order valence-corrected chi connectivity index (χ4v) is 3.31. The standard InChI is InChI=1S/C15H18BrN3O4S/c1-2-7-18-24(22,23)11-5-6-13(16)12(8-11)15(21)17-9-14(20)19-10-3-4-10/h2,5-6,8,10,18H,1,3-4,7,9H2,(H,17,21)(H,19,20). The third-order valence-corrected chi connectivity index (χ3v) is 5.38. The monoisotopic (exact) mass is 415 g/mol. The molecule has 2 amide bonds. The van der Waals surface area contributed by atoms with Gasteiger partial charge in [0.1, 0.15) is 0 Å². The van der Waals surface area contributed by atoms with Crippen molar-refractivity contribution in [1.29, 1.82) is 0 Å². The highest BCUT2D eigenvalue weighted by molar-refractivity contribution is 9.10. The van der Waals surface area contributed by atoms with Gasteiger partial charge < -0.3 is 10.6 Å². The van der Waals surface area contributed by atoms with Crippen LogP contribution in [0.4, 0.5) is 0 Å². The van der Waals surface area contributed by atoms with Gasteiger partial charge in [0.15, 0.2) is 0 Å². The molecule has 0 aliphatic heterocycles. The van der Waals surface area contributed by atoms with Crippen molar-refractivity contribution in [1.82, 2.24) is 15.4 Å². The Labute approximate surface area is 149 Å². The van der Waals surface area contributed by atoms with Crippen molar-refractivity contribution < 1.29 is 18.0 Å². The zero-order valence-electron chi connectivity index (χ0n) is 12.8. The molecular formula is C15H18BrN3O4S. The first-order chi connectivity index (χ1) is 11.3. The van der Waals surface area contributed by atoms with E-state index >= 15 is 0 Å².